The van der Waals surface area contributed by atoms with E-state index in [9.17, 15) is 9.90 Å². The molecule has 2 aromatic rings. The number of hydrogen-bond donors (Lipinski definition) is 2. The maximum absolute atomic E-state index is 11.2. The Bertz CT molecular complexity index is 551. The summed E-state index contributed by atoms with van der Waals surface area (Å²) in [5, 5.41) is 15.2. The van der Waals surface area contributed by atoms with Crippen LogP contribution < -0.4 is 5.32 Å². The molecule has 96 valence electrons. The molecule has 0 fully saturated rings. The van der Waals surface area contributed by atoms with E-state index >= 15 is 0 Å². The molecule has 0 aromatic carbocycles. The van der Waals surface area contributed by atoms with Crippen LogP contribution in [0.3, 0.4) is 0 Å². The zero-order valence-corrected chi connectivity index (χ0v) is 11.2. The van der Waals surface area contributed by atoms with Crippen LogP contribution in [0.15, 0.2) is 23.7 Å². The molecule has 18 heavy (non-hydrogen) atoms. The van der Waals surface area contributed by atoms with Crippen molar-refractivity contribution in [3.63, 3.8) is 0 Å². The molecule has 0 bridgehead atoms. The second-order valence-corrected chi connectivity index (χ2v) is 5.60. The maximum Gasteiger partial charge on any atom is 0.326 e. The summed E-state index contributed by atoms with van der Waals surface area (Å²) in [6, 6.07) is 3.30. The van der Waals surface area contributed by atoms with Crippen LogP contribution in [-0.2, 0) is 4.79 Å². The van der Waals surface area contributed by atoms with Gasteiger partial charge in [0.15, 0.2) is 0 Å². The van der Waals surface area contributed by atoms with Crippen molar-refractivity contribution in [3.8, 4) is 0 Å². The molecule has 0 aliphatic heterocycles. The smallest absolute Gasteiger partial charge is 0.326 e. The van der Waals surface area contributed by atoms with Crippen LogP contribution in [0.1, 0.15) is 20.3 Å². The van der Waals surface area contributed by atoms with Crippen molar-refractivity contribution < 1.29 is 9.90 Å². The van der Waals surface area contributed by atoms with Crippen molar-refractivity contribution in [2.45, 2.75) is 26.3 Å². The molecule has 0 radical (unpaired) electrons. The minimum Gasteiger partial charge on any atom is -0.480 e. The second kappa shape index (κ2) is 5.35. The number of nitrogens with zero attached hydrogens (tertiary/aromatic N) is 1. The first kappa shape index (κ1) is 12.8. The Morgan fingerprint density at radius 2 is 2.28 bits per heavy atom. The van der Waals surface area contributed by atoms with Gasteiger partial charge in [0.2, 0.25) is 0 Å². The number of nitrogens with one attached hydrogen (secondary N) is 1. The Morgan fingerprint density at radius 3 is 2.94 bits per heavy atom. The van der Waals surface area contributed by atoms with Crippen molar-refractivity contribution in [3.05, 3.63) is 23.7 Å². The van der Waals surface area contributed by atoms with Gasteiger partial charge in [-0.3, -0.25) is 0 Å². The highest BCUT2D eigenvalue weighted by Crippen LogP contribution is 2.26. The molecule has 0 amide bonds. The molecule has 2 rings (SSSR count). The summed E-state index contributed by atoms with van der Waals surface area (Å²) < 4.78 is 1.11. The molecule has 0 saturated heterocycles. The monoisotopic (exact) mass is 264 g/mol. The van der Waals surface area contributed by atoms with E-state index in [1.165, 1.54) is 0 Å². The van der Waals surface area contributed by atoms with Crippen molar-refractivity contribution in [2.75, 3.05) is 5.32 Å². The van der Waals surface area contributed by atoms with Gasteiger partial charge in [-0.2, -0.15) is 0 Å². The van der Waals surface area contributed by atoms with E-state index in [1.54, 1.807) is 17.5 Å². The van der Waals surface area contributed by atoms with E-state index in [1.807, 2.05) is 31.4 Å². The number of carbonyl (C=O) groups is 1. The van der Waals surface area contributed by atoms with Crippen molar-refractivity contribution >= 4 is 33.2 Å². The van der Waals surface area contributed by atoms with Crippen molar-refractivity contribution in [1.29, 1.82) is 0 Å². The zero-order valence-electron chi connectivity index (χ0n) is 10.4. The molecule has 0 spiro atoms. The summed E-state index contributed by atoms with van der Waals surface area (Å²) in [6.45, 7) is 4.02. The van der Waals surface area contributed by atoms with Gasteiger partial charge in [0.1, 0.15) is 11.9 Å². The lowest BCUT2D eigenvalue weighted by Gasteiger charge is -2.17. The highest BCUT2D eigenvalue weighted by atomic mass is 32.1. The Balaban J connectivity index is 2.25. The Labute approximate surface area is 110 Å². The summed E-state index contributed by atoms with van der Waals surface area (Å²) in [5.41, 5.74) is 0. The van der Waals surface area contributed by atoms with Gasteiger partial charge in [0.05, 0.1) is 0 Å². The summed E-state index contributed by atoms with van der Waals surface area (Å²) in [7, 11) is 0. The van der Waals surface area contributed by atoms with E-state index < -0.39 is 12.0 Å². The Hall–Kier alpha value is -1.62. The van der Waals surface area contributed by atoms with Crippen LogP contribution in [0, 0.1) is 5.92 Å². The van der Waals surface area contributed by atoms with Crippen LogP contribution in [0.4, 0.5) is 5.82 Å². The molecule has 2 N–H and O–H groups in total. The largest absolute Gasteiger partial charge is 0.480 e. The predicted molar refractivity (Wildman–Crippen MR) is 74.1 cm³/mol. The van der Waals surface area contributed by atoms with Crippen LogP contribution in [0.2, 0.25) is 0 Å². The molecular formula is C13H16N2O2S. The highest BCUT2D eigenvalue weighted by molar-refractivity contribution is 7.17. The van der Waals surface area contributed by atoms with E-state index in [4.69, 9.17) is 0 Å². The third-order valence-corrected chi connectivity index (χ3v) is 3.58. The topological polar surface area (TPSA) is 62.2 Å². The minimum absolute atomic E-state index is 0.320. The first-order chi connectivity index (χ1) is 8.58. The first-order valence-corrected chi connectivity index (χ1v) is 6.77. The van der Waals surface area contributed by atoms with Gasteiger partial charge >= 0.3 is 5.97 Å². The Morgan fingerprint density at radius 1 is 1.50 bits per heavy atom. The van der Waals surface area contributed by atoms with Crippen LogP contribution >= 0.6 is 11.3 Å². The van der Waals surface area contributed by atoms with Gasteiger partial charge in [-0.05, 0) is 29.9 Å². The molecule has 2 heterocycles. The number of anilines is 1. The number of aromatic nitrogens is 1. The summed E-state index contributed by atoms with van der Waals surface area (Å²) in [6.07, 6.45) is 2.28. The fourth-order valence-corrected chi connectivity index (χ4v) is 2.65. The quantitative estimate of drug-likeness (QED) is 0.870. The number of carboxylic acid groups (broad SMARTS) is 1. The molecule has 0 aliphatic carbocycles. The fraction of sp³-hybridized carbons (Fsp3) is 0.385. The highest BCUT2D eigenvalue weighted by Gasteiger charge is 2.20. The van der Waals surface area contributed by atoms with Crippen molar-refractivity contribution in [2.24, 2.45) is 5.92 Å². The molecule has 2 aromatic heterocycles. The van der Waals surface area contributed by atoms with Crippen LogP contribution in [0.25, 0.3) is 10.1 Å². The van der Waals surface area contributed by atoms with Crippen molar-refractivity contribution in [1.82, 2.24) is 4.98 Å². The first-order valence-electron chi connectivity index (χ1n) is 5.89. The normalized spacial score (nSPS) is 12.8. The van der Waals surface area contributed by atoms with Gasteiger partial charge < -0.3 is 10.4 Å². The van der Waals surface area contributed by atoms with E-state index in [-0.39, 0.29) is 0 Å². The molecule has 1 atom stereocenters. The van der Waals surface area contributed by atoms with E-state index in [0.29, 0.717) is 18.2 Å². The predicted octanol–water partition coefficient (Wildman–Crippen LogP) is 3.21. The number of carboxylic acids is 1. The third-order valence-electron chi connectivity index (χ3n) is 2.70. The molecule has 4 nitrogen and oxygen atoms in total. The number of thiophene rings is 1. The van der Waals surface area contributed by atoms with Gasteiger partial charge in [0.25, 0.3) is 0 Å². The van der Waals surface area contributed by atoms with E-state index in [2.05, 4.69) is 10.3 Å². The average molecular weight is 264 g/mol. The third kappa shape index (κ3) is 2.79. The van der Waals surface area contributed by atoms with Gasteiger partial charge in [0, 0.05) is 16.3 Å². The number of fused-ring (bicyclic) bond motifs is 1. The van der Waals surface area contributed by atoms with Crippen LogP contribution in [-0.4, -0.2) is 22.1 Å². The second-order valence-electron chi connectivity index (χ2n) is 4.66. The molecule has 1 unspecified atom stereocenters. The lowest BCUT2D eigenvalue weighted by molar-refractivity contribution is -0.138. The molecular weight excluding hydrogens is 248 g/mol. The molecule has 0 saturated carbocycles. The maximum atomic E-state index is 11.2. The van der Waals surface area contributed by atoms with Crippen LogP contribution in [0.5, 0.6) is 0 Å². The van der Waals surface area contributed by atoms with Gasteiger partial charge in [-0.1, -0.05) is 13.8 Å². The summed E-state index contributed by atoms with van der Waals surface area (Å²) >= 11 is 1.62. The SMILES string of the molecule is CC(C)CC(Nc1nccc2sccc12)C(=O)O. The fourth-order valence-electron chi connectivity index (χ4n) is 1.87. The summed E-state index contributed by atoms with van der Waals surface area (Å²) in [5.74, 6) is 0.139. The Kier molecular flexibility index (Phi) is 3.81. The van der Waals surface area contributed by atoms with E-state index in [0.717, 1.165) is 10.1 Å². The molecule has 5 heteroatoms. The van der Waals surface area contributed by atoms with Gasteiger partial charge in [-0.25, -0.2) is 9.78 Å². The number of pyridine rings is 1. The zero-order chi connectivity index (χ0) is 13.1. The molecule has 0 aliphatic rings. The number of rotatable bonds is 5. The lowest BCUT2D eigenvalue weighted by atomic mass is 10.0. The minimum atomic E-state index is -0.835. The summed E-state index contributed by atoms with van der Waals surface area (Å²) in [4.78, 5) is 15.5. The average Bonchev–Trinajstić information content (AvgIpc) is 2.76. The lowest BCUT2D eigenvalue weighted by Crippen LogP contribution is -2.31. The number of hydrogen-bond acceptors (Lipinski definition) is 4. The standard InChI is InChI=1S/C13H16N2O2S/c1-8(2)7-10(13(16)17)15-12-9-4-6-18-11(9)3-5-14-12/h3-6,8,10H,7H2,1-2H3,(H,14,15)(H,16,17). The number of aliphatic carboxylic acids is 1. The van der Waals surface area contributed by atoms with Gasteiger partial charge in [-0.15, -0.1) is 11.3 Å².